The van der Waals surface area contributed by atoms with Gasteiger partial charge >= 0.3 is 0 Å². The molecule has 18 heavy (non-hydrogen) atoms. The van der Waals surface area contributed by atoms with Gasteiger partial charge in [0.2, 0.25) is 10.0 Å². The van der Waals surface area contributed by atoms with Crippen LogP contribution < -0.4 is 5.14 Å². The van der Waals surface area contributed by atoms with Crippen molar-refractivity contribution in [2.75, 3.05) is 7.05 Å². The van der Waals surface area contributed by atoms with Crippen molar-refractivity contribution in [2.24, 2.45) is 5.14 Å². The lowest BCUT2D eigenvalue weighted by atomic mass is 10.2. The largest absolute Gasteiger partial charge is 0.339 e. The number of hydrogen-bond donors (Lipinski definition) is 1. The highest BCUT2D eigenvalue weighted by molar-refractivity contribution is 7.89. The monoisotopic (exact) mass is 288 g/mol. The maximum absolute atomic E-state index is 12.1. The summed E-state index contributed by atoms with van der Waals surface area (Å²) >= 11 is 5.81. The van der Waals surface area contributed by atoms with Crippen molar-refractivity contribution in [3.63, 3.8) is 0 Å². The molecule has 0 heterocycles. The summed E-state index contributed by atoms with van der Waals surface area (Å²) in [5.74, 6) is -0.245. The molecule has 0 aromatic heterocycles. The van der Waals surface area contributed by atoms with Gasteiger partial charge in [0.25, 0.3) is 5.91 Å². The number of halogens is 1. The van der Waals surface area contributed by atoms with Crippen LogP contribution in [0, 0.1) is 0 Å². The van der Waals surface area contributed by atoms with Crippen molar-refractivity contribution in [3.05, 3.63) is 28.8 Å². The van der Waals surface area contributed by atoms with Crippen molar-refractivity contribution in [2.45, 2.75) is 23.8 Å². The second kappa shape index (κ2) is 4.53. The maximum Gasteiger partial charge on any atom is 0.253 e. The Hall–Kier alpha value is -1.11. The number of carbonyl (C=O) groups is 1. The fourth-order valence-electron chi connectivity index (χ4n) is 1.68. The van der Waals surface area contributed by atoms with E-state index in [4.69, 9.17) is 16.7 Å². The molecule has 0 aliphatic heterocycles. The second-order valence-electron chi connectivity index (χ2n) is 4.37. The SMILES string of the molecule is CN(C(=O)c1cc(Cl)cc(S(N)(=O)=O)c1)C1CC1. The maximum atomic E-state index is 12.1. The molecule has 1 fully saturated rings. The van der Waals surface area contributed by atoms with E-state index in [0.717, 1.165) is 12.8 Å². The van der Waals surface area contributed by atoms with Crippen molar-refractivity contribution >= 4 is 27.5 Å². The zero-order chi connectivity index (χ0) is 13.5. The van der Waals surface area contributed by atoms with E-state index in [1.165, 1.54) is 18.2 Å². The Morgan fingerprint density at radius 2 is 2.00 bits per heavy atom. The molecule has 1 aliphatic carbocycles. The third kappa shape index (κ3) is 2.82. The van der Waals surface area contributed by atoms with Crippen LogP contribution in [0.4, 0.5) is 0 Å². The molecule has 0 unspecified atom stereocenters. The van der Waals surface area contributed by atoms with Crippen molar-refractivity contribution in [1.29, 1.82) is 0 Å². The third-order valence-electron chi connectivity index (χ3n) is 2.86. The summed E-state index contributed by atoms with van der Waals surface area (Å²) in [6.45, 7) is 0. The fraction of sp³-hybridized carbons (Fsp3) is 0.364. The molecule has 7 heteroatoms. The molecule has 5 nitrogen and oxygen atoms in total. The molecular formula is C11H13ClN2O3S. The topological polar surface area (TPSA) is 80.5 Å². The first-order valence-corrected chi connectivity index (χ1v) is 7.32. The van der Waals surface area contributed by atoms with Crippen LogP contribution >= 0.6 is 11.6 Å². The van der Waals surface area contributed by atoms with Crippen LogP contribution in [0.15, 0.2) is 23.1 Å². The van der Waals surface area contributed by atoms with Gasteiger partial charge in [-0.15, -0.1) is 0 Å². The summed E-state index contributed by atoms with van der Waals surface area (Å²) in [5, 5.41) is 5.21. The predicted octanol–water partition coefficient (Wildman–Crippen LogP) is 1.22. The van der Waals surface area contributed by atoms with E-state index in [-0.39, 0.29) is 27.4 Å². The molecule has 0 spiro atoms. The van der Waals surface area contributed by atoms with Gasteiger partial charge < -0.3 is 4.90 Å². The van der Waals surface area contributed by atoms with Gasteiger partial charge in [-0.2, -0.15) is 0 Å². The Bertz CT molecular complexity index is 596. The highest BCUT2D eigenvalue weighted by Crippen LogP contribution is 2.27. The van der Waals surface area contributed by atoms with Crippen LogP contribution in [0.1, 0.15) is 23.2 Å². The molecule has 1 aromatic rings. The number of sulfonamides is 1. The zero-order valence-electron chi connectivity index (χ0n) is 9.76. The van der Waals surface area contributed by atoms with Gasteiger partial charge in [-0.25, -0.2) is 13.6 Å². The number of amides is 1. The lowest BCUT2D eigenvalue weighted by Gasteiger charge is -2.16. The molecule has 2 N–H and O–H groups in total. The van der Waals surface area contributed by atoms with E-state index in [1.807, 2.05) is 0 Å². The number of carbonyl (C=O) groups excluding carboxylic acids is 1. The molecule has 1 saturated carbocycles. The van der Waals surface area contributed by atoms with Gasteiger partial charge in [0.15, 0.2) is 0 Å². The molecule has 1 aromatic carbocycles. The van der Waals surface area contributed by atoms with E-state index >= 15 is 0 Å². The highest BCUT2D eigenvalue weighted by atomic mass is 35.5. The van der Waals surface area contributed by atoms with E-state index in [1.54, 1.807) is 11.9 Å². The van der Waals surface area contributed by atoms with E-state index in [0.29, 0.717) is 0 Å². The van der Waals surface area contributed by atoms with Gasteiger partial charge in [-0.1, -0.05) is 11.6 Å². The van der Waals surface area contributed by atoms with E-state index < -0.39 is 10.0 Å². The molecule has 0 bridgehead atoms. The fourth-order valence-corrected chi connectivity index (χ4v) is 2.56. The van der Waals surface area contributed by atoms with Crippen LogP contribution in [0.5, 0.6) is 0 Å². The smallest absolute Gasteiger partial charge is 0.253 e. The summed E-state index contributed by atoms with van der Waals surface area (Å²) in [5.41, 5.74) is 0.237. The quantitative estimate of drug-likeness (QED) is 0.908. The normalized spacial score (nSPS) is 15.5. The molecule has 98 valence electrons. The number of nitrogens with zero attached hydrogens (tertiary/aromatic N) is 1. The van der Waals surface area contributed by atoms with Gasteiger partial charge in [0.05, 0.1) is 4.90 Å². The van der Waals surface area contributed by atoms with Crippen LogP contribution in [0.2, 0.25) is 5.02 Å². The lowest BCUT2D eigenvalue weighted by molar-refractivity contribution is 0.0785. The average molecular weight is 289 g/mol. The van der Waals surface area contributed by atoms with Crippen LogP contribution in [-0.2, 0) is 10.0 Å². The molecule has 2 rings (SSSR count). The predicted molar refractivity (Wildman–Crippen MR) is 67.9 cm³/mol. The Labute approximate surface area is 111 Å². The van der Waals surface area contributed by atoms with E-state index in [2.05, 4.69) is 0 Å². The summed E-state index contributed by atoms with van der Waals surface area (Å²) in [4.78, 5) is 13.5. The van der Waals surface area contributed by atoms with Crippen LogP contribution in [-0.4, -0.2) is 32.3 Å². The highest BCUT2D eigenvalue weighted by Gasteiger charge is 2.30. The molecule has 0 saturated heterocycles. The number of primary sulfonamides is 1. The number of hydrogen-bond acceptors (Lipinski definition) is 3. The standard InChI is InChI=1S/C11H13ClN2O3S/c1-14(9-2-3-9)11(15)7-4-8(12)6-10(5-7)18(13,16)17/h4-6,9H,2-3H2,1H3,(H2,13,16,17). The first kappa shape index (κ1) is 13.3. The Morgan fingerprint density at radius 3 is 2.50 bits per heavy atom. The Balaban J connectivity index is 2.39. The summed E-state index contributed by atoms with van der Waals surface area (Å²) in [6.07, 6.45) is 1.95. The molecule has 0 atom stereocenters. The minimum absolute atomic E-state index is 0.150. The number of nitrogens with two attached hydrogens (primary N) is 1. The second-order valence-corrected chi connectivity index (χ2v) is 6.37. The Kier molecular flexibility index (Phi) is 3.35. The van der Waals surface area contributed by atoms with Crippen LogP contribution in [0.3, 0.4) is 0 Å². The first-order chi connectivity index (χ1) is 8.29. The lowest BCUT2D eigenvalue weighted by Crippen LogP contribution is -2.29. The molecule has 1 amide bonds. The van der Waals surface area contributed by atoms with Crippen molar-refractivity contribution < 1.29 is 13.2 Å². The number of benzene rings is 1. The molecular weight excluding hydrogens is 276 g/mol. The van der Waals surface area contributed by atoms with Gasteiger partial charge in [-0.05, 0) is 31.0 Å². The summed E-state index contributed by atoms with van der Waals surface area (Å²) in [7, 11) is -2.17. The summed E-state index contributed by atoms with van der Waals surface area (Å²) < 4.78 is 22.5. The van der Waals surface area contributed by atoms with E-state index in [9.17, 15) is 13.2 Å². The van der Waals surface area contributed by atoms with Crippen molar-refractivity contribution in [1.82, 2.24) is 4.90 Å². The van der Waals surface area contributed by atoms with Crippen molar-refractivity contribution in [3.8, 4) is 0 Å². The zero-order valence-corrected chi connectivity index (χ0v) is 11.3. The molecule has 1 aliphatic rings. The van der Waals surface area contributed by atoms with Gasteiger partial charge in [0.1, 0.15) is 0 Å². The Morgan fingerprint density at radius 1 is 1.39 bits per heavy atom. The van der Waals surface area contributed by atoms with Gasteiger partial charge in [-0.3, -0.25) is 4.79 Å². The van der Waals surface area contributed by atoms with Crippen LogP contribution in [0.25, 0.3) is 0 Å². The minimum Gasteiger partial charge on any atom is -0.339 e. The first-order valence-electron chi connectivity index (χ1n) is 5.39. The average Bonchev–Trinajstić information content (AvgIpc) is 3.08. The molecule has 0 radical (unpaired) electrons. The summed E-state index contributed by atoms with van der Waals surface area (Å²) in [6, 6.07) is 4.17. The van der Waals surface area contributed by atoms with Gasteiger partial charge in [0, 0.05) is 23.7 Å². The minimum atomic E-state index is -3.87. The third-order valence-corrected chi connectivity index (χ3v) is 3.97. The number of rotatable bonds is 3.